The van der Waals surface area contributed by atoms with Gasteiger partial charge < -0.3 is 4.74 Å². The molecule has 0 spiro atoms. The lowest BCUT2D eigenvalue weighted by Gasteiger charge is -2.19. The first kappa shape index (κ1) is 20.6. The molecule has 0 saturated heterocycles. The number of ether oxygens (including phenoxy) is 1. The van der Waals surface area contributed by atoms with Crippen LogP contribution < -0.4 is 10.2 Å². The second-order valence-corrected chi connectivity index (χ2v) is 7.82. The van der Waals surface area contributed by atoms with Crippen LogP contribution in [0.3, 0.4) is 0 Å². The van der Waals surface area contributed by atoms with Crippen molar-refractivity contribution in [2.75, 3.05) is 7.11 Å². The summed E-state index contributed by atoms with van der Waals surface area (Å²) in [5, 5.41) is 0. The molecule has 0 fully saturated rings. The Hall–Kier alpha value is -3.18. The molecule has 0 bridgehead atoms. The van der Waals surface area contributed by atoms with Gasteiger partial charge in [-0.05, 0) is 46.4 Å². The molecule has 3 rings (SSSR count). The number of nitrogens with zero attached hydrogens (tertiary/aromatic N) is 1. The summed E-state index contributed by atoms with van der Waals surface area (Å²) in [6.45, 7) is 6.79. The molecular formula is C24H26N2O3. The molecule has 0 aliphatic heterocycles. The van der Waals surface area contributed by atoms with Gasteiger partial charge in [-0.25, -0.2) is 5.48 Å². The van der Waals surface area contributed by atoms with Gasteiger partial charge in [0, 0.05) is 23.5 Å². The lowest BCUT2D eigenvalue weighted by atomic mass is 9.86. The van der Waals surface area contributed by atoms with Crippen molar-refractivity contribution < 1.29 is 14.4 Å². The van der Waals surface area contributed by atoms with E-state index in [1.54, 1.807) is 31.6 Å². The first-order valence-corrected chi connectivity index (χ1v) is 9.48. The Morgan fingerprint density at radius 1 is 1.07 bits per heavy atom. The van der Waals surface area contributed by atoms with Crippen molar-refractivity contribution in [1.82, 2.24) is 10.5 Å². The smallest absolute Gasteiger partial charge is 0.274 e. The normalized spacial score (nSPS) is 11.2. The topological polar surface area (TPSA) is 60.5 Å². The number of carbonyl (C=O) groups is 1. The molecule has 150 valence electrons. The highest BCUT2D eigenvalue weighted by Crippen LogP contribution is 2.32. The van der Waals surface area contributed by atoms with Crippen LogP contribution in [0.15, 0.2) is 67.0 Å². The molecule has 0 atom stereocenters. The van der Waals surface area contributed by atoms with Crippen LogP contribution >= 0.6 is 0 Å². The summed E-state index contributed by atoms with van der Waals surface area (Å²) in [4.78, 5) is 21.9. The maximum atomic E-state index is 12.5. The fourth-order valence-electron chi connectivity index (χ4n) is 2.95. The van der Waals surface area contributed by atoms with Crippen LogP contribution in [0.25, 0.3) is 11.1 Å². The summed E-state index contributed by atoms with van der Waals surface area (Å²) < 4.78 is 5.50. The van der Waals surface area contributed by atoms with Gasteiger partial charge in [-0.1, -0.05) is 51.1 Å². The molecule has 1 aromatic heterocycles. The molecule has 0 radical (unpaired) electrons. The molecular weight excluding hydrogens is 364 g/mol. The molecule has 1 amide bonds. The number of hydroxylamine groups is 1. The van der Waals surface area contributed by atoms with E-state index < -0.39 is 0 Å². The quantitative estimate of drug-likeness (QED) is 0.607. The standard InChI is InChI=1S/C24H26N2O3/c1-24(2,3)20-10-7-18(8-11-20)21-14-19(9-12-22(21)28-4)23(27)26-29-16-17-6-5-13-25-15-17/h5-15H,16H2,1-4H3,(H,26,27). The number of amides is 1. The van der Waals surface area contributed by atoms with E-state index in [-0.39, 0.29) is 17.9 Å². The second kappa shape index (κ2) is 8.88. The molecule has 5 nitrogen and oxygen atoms in total. The van der Waals surface area contributed by atoms with Crippen LogP contribution in [0.2, 0.25) is 0 Å². The minimum atomic E-state index is -0.316. The summed E-state index contributed by atoms with van der Waals surface area (Å²) in [6.07, 6.45) is 3.38. The average molecular weight is 390 g/mol. The van der Waals surface area contributed by atoms with Crippen molar-refractivity contribution in [3.8, 4) is 16.9 Å². The Bertz CT molecular complexity index is 962. The molecule has 1 heterocycles. The Labute approximate surface area is 171 Å². The number of methoxy groups -OCH3 is 1. The van der Waals surface area contributed by atoms with Gasteiger partial charge >= 0.3 is 0 Å². The molecule has 0 aliphatic rings. The van der Waals surface area contributed by atoms with Crippen molar-refractivity contribution in [3.63, 3.8) is 0 Å². The number of nitrogens with one attached hydrogen (secondary N) is 1. The third-order valence-corrected chi connectivity index (χ3v) is 4.65. The van der Waals surface area contributed by atoms with Crippen molar-refractivity contribution in [1.29, 1.82) is 0 Å². The van der Waals surface area contributed by atoms with Gasteiger partial charge in [-0.2, -0.15) is 0 Å². The minimum Gasteiger partial charge on any atom is -0.496 e. The Balaban J connectivity index is 1.76. The lowest BCUT2D eigenvalue weighted by molar-refractivity contribution is 0.0232. The van der Waals surface area contributed by atoms with Gasteiger partial charge in [-0.3, -0.25) is 14.6 Å². The molecule has 2 aromatic carbocycles. The van der Waals surface area contributed by atoms with Gasteiger partial charge in [0.25, 0.3) is 5.91 Å². The van der Waals surface area contributed by atoms with E-state index in [2.05, 4.69) is 55.5 Å². The summed E-state index contributed by atoms with van der Waals surface area (Å²) in [5.74, 6) is 0.394. The van der Waals surface area contributed by atoms with E-state index in [9.17, 15) is 4.79 Å². The molecule has 0 aliphatic carbocycles. The molecule has 0 unspecified atom stereocenters. The van der Waals surface area contributed by atoms with Gasteiger partial charge in [0.1, 0.15) is 12.4 Å². The number of hydrogen-bond donors (Lipinski definition) is 1. The number of aromatic nitrogens is 1. The summed E-state index contributed by atoms with van der Waals surface area (Å²) in [5.41, 5.74) is 7.02. The SMILES string of the molecule is COc1ccc(C(=O)NOCc2cccnc2)cc1-c1ccc(C(C)(C)C)cc1. The van der Waals surface area contributed by atoms with Crippen LogP contribution in [0, 0.1) is 0 Å². The zero-order chi connectivity index (χ0) is 20.9. The summed E-state index contributed by atoms with van der Waals surface area (Å²) in [7, 11) is 1.62. The Morgan fingerprint density at radius 2 is 1.83 bits per heavy atom. The van der Waals surface area contributed by atoms with E-state index in [1.165, 1.54) is 5.56 Å². The largest absolute Gasteiger partial charge is 0.496 e. The zero-order valence-corrected chi connectivity index (χ0v) is 17.2. The van der Waals surface area contributed by atoms with Crippen LogP contribution in [-0.4, -0.2) is 18.0 Å². The summed E-state index contributed by atoms with van der Waals surface area (Å²) >= 11 is 0. The third-order valence-electron chi connectivity index (χ3n) is 4.65. The number of pyridine rings is 1. The van der Waals surface area contributed by atoms with Crippen molar-refractivity contribution >= 4 is 5.91 Å². The lowest BCUT2D eigenvalue weighted by Crippen LogP contribution is -2.23. The van der Waals surface area contributed by atoms with Crippen LogP contribution in [0.1, 0.15) is 42.3 Å². The first-order valence-electron chi connectivity index (χ1n) is 9.48. The number of hydrogen-bond acceptors (Lipinski definition) is 4. The maximum Gasteiger partial charge on any atom is 0.274 e. The van der Waals surface area contributed by atoms with E-state index >= 15 is 0 Å². The van der Waals surface area contributed by atoms with Crippen LogP contribution in [-0.2, 0) is 16.9 Å². The number of benzene rings is 2. The molecule has 3 aromatic rings. The van der Waals surface area contributed by atoms with Crippen molar-refractivity contribution in [2.24, 2.45) is 0 Å². The van der Waals surface area contributed by atoms with Crippen molar-refractivity contribution in [3.05, 3.63) is 83.7 Å². The van der Waals surface area contributed by atoms with Crippen LogP contribution in [0.4, 0.5) is 0 Å². The van der Waals surface area contributed by atoms with Crippen LogP contribution in [0.5, 0.6) is 5.75 Å². The molecule has 1 N–H and O–H groups in total. The highest BCUT2D eigenvalue weighted by Gasteiger charge is 2.15. The molecule has 0 saturated carbocycles. The van der Waals surface area contributed by atoms with Crippen molar-refractivity contribution in [2.45, 2.75) is 32.8 Å². The predicted octanol–water partition coefficient (Wildman–Crippen LogP) is 4.92. The Morgan fingerprint density at radius 3 is 2.45 bits per heavy atom. The van der Waals surface area contributed by atoms with E-state index in [4.69, 9.17) is 9.57 Å². The highest BCUT2D eigenvalue weighted by atomic mass is 16.6. The third kappa shape index (κ3) is 5.21. The zero-order valence-electron chi connectivity index (χ0n) is 17.2. The minimum absolute atomic E-state index is 0.0793. The second-order valence-electron chi connectivity index (χ2n) is 7.82. The number of rotatable bonds is 6. The Kier molecular flexibility index (Phi) is 6.29. The van der Waals surface area contributed by atoms with Gasteiger partial charge in [0.15, 0.2) is 0 Å². The summed E-state index contributed by atoms with van der Waals surface area (Å²) in [6, 6.07) is 17.4. The highest BCUT2D eigenvalue weighted by molar-refractivity contribution is 5.95. The van der Waals surface area contributed by atoms with E-state index in [0.29, 0.717) is 11.3 Å². The molecule has 29 heavy (non-hydrogen) atoms. The monoisotopic (exact) mass is 390 g/mol. The first-order chi connectivity index (χ1) is 13.9. The maximum absolute atomic E-state index is 12.5. The predicted molar refractivity (Wildman–Crippen MR) is 114 cm³/mol. The van der Waals surface area contributed by atoms with E-state index in [1.807, 2.05) is 18.2 Å². The molecule has 5 heteroatoms. The van der Waals surface area contributed by atoms with Gasteiger partial charge in [0.05, 0.1) is 7.11 Å². The number of carbonyl (C=O) groups excluding carboxylic acids is 1. The van der Waals surface area contributed by atoms with Gasteiger partial charge in [0.2, 0.25) is 0 Å². The fourth-order valence-corrected chi connectivity index (χ4v) is 2.95. The average Bonchev–Trinajstić information content (AvgIpc) is 2.73. The fraction of sp³-hybridized carbons (Fsp3) is 0.250. The van der Waals surface area contributed by atoms with Gasteiger partial charge in [-0.15, -0.1) is 0 Å². The van der Waals surface area contributed by atoms with E-state index in [0.717, 1.165) is 16.7 Å².